The maximum atomic E-state index is 12.6. The van der Waals surface area contributed by atoms with Gasteiger partial charge < -0.3 is 5.73 Å². The quantitative estimate of drug-likeness (QED) is 0.498. The summed E-state index contributed by atoms with van der Waals surface area (Å²) in [6, 6.07) is 4.45. The zero-order valence-electron chi connectivity index (χ0n) is 7.13. The molecular weight excluding hydrogens is 155 g/mol. The van der Waals surface area contributed by atoms with Crippen LogP contribution >= 0.6 is 0 Å². The van der Waals surface area contributed by atoms with Crippen molar-refractivity contribution in [2.45, 2.75) is 6.92 Å². The van der Waals surface area contributed by atoms with Crippen molar-refractivity contribution < 1.29 is 4.39 Å². The minimum atomic E-state index is -0.250. The molecule has 12 heavy (non-hydrogen) atoms. The first-order valence-electron chi connectivity index (χ1n) is 3.64. The first kappa shape index (κ1) is 8.71. The molecule has 0 saturated carbocycles. The van der Waals surface area contributed by atoms with Gasteiger partial charge in [-0.1, -0.05) is 0 Å². The van der Waals surface area contributed by atoms with E-state index in [1.54, 1.807) is 20.0 Å². The van der Waals surface area contributed by atoms with Crippen molar-refractivity contribution in [2.75, 3.05) is 7.05 Å². The van der Waals surface area contributed by atoms with Gasteiger partial charge in [0.05, 0.1) is 0 Å². The number of amidine groups is 1. The number of hydrogen-bond acceptors (Lipinski definition) is 1. The van der Waals surface area contributed by atoms with E-state index in [4.69, 9.17) is 5.73 Å². The monoisotopic (exact) mass is 166 g/mol. The second-order valence-electron chi connectivity index (χ2n) is 2.57. The Hall–Kier alpha value is -1.38. The topological polar surface area (TPSA) is 38.4 Å². The highest BCUT2D eigenvalue weighted by atomic mass is 19.1. The van der Waals surface area contributed by atoms with Gasteiger partial charge in [-0.05, 0) is 30.7 Å². The predicted octanol–water partition coefficient (Wildman–Crippen LogP) is 1.47. The molecule has 0 spiro atoms. The second-order valence-corrected chi connectivity index (χ2v) is 2.57. The fourth-order valence-corrected chi connectivity index (χ4v) is 1.03. The highest BCUT2D eigenvalue weighted by Crippen LogP contribution is 2.09. The van der Waals surface area contributed by atoms with Crippen LogP contribution in [0.3, 0.4) is 0 Å². The van der Waals surface area contributed by atoms with Gasteiger partial charge >= 0.3 is 0 Å². The van der Waals surface area contributed by atoms with E-state index < -0.39 is 0 Å². The molecule has 1 aromatic carbocycles. The fraction of sp³-hybridized carbons (Fsp3) is 0.222. The van der Waals surface area contributed by atoms with E-state index >= 15 is 0 Å². The van der Waals surface area contributed by atoms with Crippen LogP contribution in [0.5, 0.6) is 0 Å². The summed E-state index contributed by atoms with van der Waals surface area (Å²) < 4.78 is 12.6. The Bertz CT molecular complexity index is 318. The van der Waals surface area contributed by atoms with Gasteiger partial charge in [0.25, 0.3) is 0 Å². The van der Waals surface area contributed by atoms with Gasteiger partial charge in [0.1, 0.15) is 11.7 Å². The molecule has 0 unspecified atom stereocenters. The summed E-state index contributed by atoms with van der Waals surface area (Å²) in [5.41, 5.74) is 7.17. The van der Waals surface area contributed by atoms with Gasteiger partial charge in [-0.15, -0.1) is 0 Å². The minimum absolute atomic E-state index is 0.250. The highest BCUT2D eigenvalue weighted by molar-refractivity contribution is 5.98. The smallest absolute Gasteiger partial charge is 0.125 e. The van der Waals surface area contributed by atoms with E-state index in [-0.39, 0.29) is 5.82 Å². The standard InChI is InChI=1S/C9H11FN2/c1-6-5-7(10)3-4-8(6)9(11)12-2/h3-5H,1-2H3,(H2,11,12). The number of halogens is 1. The largest absolute Gasteiger partial charge is 0.384 e. The van der Waals surface area contributed by atoms with Crippen molar-refractivity contribution in [3.05, 3.63) is 35.1 Å². The SMILES string of the molecule is CN=C(N)c1ccc(F)cc1C. The third-order valence-corrected chi connectivity index (χ3v) is 1.71. The molecule has 0 radical (unpaired) electrons. The first-order chi connectivity index (χ1) is 5.65. The van der Waals surface area contributed by atoms with Gasteiger partial charge in [0, 0.05) is 12.6 Å². The Morgan fingerprint density at radius 2 is 2.17 bits per heavy atom. The van der Waals surface area contributed by atoms with Gasteiger partial charge in [-0.2, -0.15) is 0 Å². The normalized spacial score (nSPS) is 11.8. The summed E-state index contributed by atoms with van der Waals surface area (Å²) in [6.07, 6.45) is 0. The third-order valence-electron chi connectivity index (χ3n) is 1.71. The van der Waals surface area contributed by atoms with Crippen LogP contribution in [0.15, 0.2) is 23.2 Å². The molecule has 0 heterocycles. The number of aliphatic imine (C=N–C) groups is 1. The number of nitrogens with zero attached hydrogens (tertiary/aromatic N) is 1. The Morgan fingerprint density at radius 3 is 2.67 bits per heavy atom. The highest BCUT2D eigenvalue weighted by Gasteiger charge is 2.02. The summed E-state index contributed by atoms with van der Waals surface area (Å²) in [6.45, 7) is 1.80. The average molecular weight is 166 g/mol. The molecule has 64 valence electrons. The molecule has 2 N–H and O–H groups in total. The van der Waals surface area contributed by atoms with Crippen molar-refractivity contribution in [3.63, 3.8) is 0 Å². The summed E-state index contributed by atoms with van der Waals surface area (Å²) in [5, 5.41) is 0. The molecule has 0 bridgehead atoms. The van der Waals surface area contributed by atoms with Gasteiger partial charge in [0.15, 0.2) is 0 Å². The molecule has 1 rings (SSSR count). The number of rotatable bonds is 1. The number of nitrogens with two attached hydrogens (primary N) is 1. The van der Waals surface area contributed by atoms with E-state index in [0.29, 0.717) is 5.84 Å². The van der Waals surface area contributed by atoms with Crippen molar-refractivity contribution in [1.82, 2.24) is 0 Å². The lowest BCUT2D eigenvalue weighted by Crippen LogP contribution is -2.14. The van der Waals surface area contributed by atoms with Crippen LogP contribution in [0.2, 0.25) is 0 Å². The van der Waals surface area contributed by atoms with Crippen LogP contribution in [0, 0.1) is 12.7 Å². The van der Waals surface area contributed by atoms with Crippen molar-refractivity contribution in [1.29, 1.82) is 0 Å². The third kappa shape index (κ3) is 1.61. The van der Waals surface area contributed by atoms with Gasteiger partial charge in [-0.25, -0.2) is 4.39 Å². The molecule has 0 fully saturated rings. The molecule has 0 aliphatic heterocycles. The lowest BCUT2D eigenvalue weighted by Gasteiger charge is -2.03. The maximum Gasteiger partial charge on any atom is 0.125 e. The lowest BCUT2D eigenvalue weighted by molar-refractivity contribution is 0.626. The van der Waals surface area contributed by atoms with Crippen LogP contribution in [0.1, 0.15) is 11.1 Å². The molecule has 0 amide bonds. The Balaban J connectivity index is 3.18. The van der Waals surface area contributed by atoms with Crippen molar-refractivity contribution in [3.8, 4) is 0 Å². The molecule has 1 aromatic rings. The predicted molar refractivity (Wildman–Crippen MR) is 47.8 cm³/mol. The molecule has 0 atom stereocenters. The number of hydrogen-bond donors (Lipinski definition) is 1. The van der Waals surface area contributed by atoms with Crippen LogP contribution < -0.4 is 5.73 Å². The summed E-state index contributed by atoms with van der Waals surface area (Å²) in [4.78, 5) is 3.82. The molecule has 0 aromatic heterocycles. The molecule has 0 saturated heterocycles. The van der Waals surface area contributed by atoms with Gasteiger partial charge in [0.2, 0.25) is 0 Å². The lowest BCUT2D eigenvalue weighted by atomic mass is 10.1. The fourth-order valence-electron chi connectivity index (χ4n) is 1.03. The zero-order chi connectivity index (χ0) is 9.14. The maximum absolute atomic E-state index is 12.6. The molecular formula is C9H11FN2. The van der Waals surface area contributed by atoms with E-state index in [0.717, 1.165) is 11.1 Å². The molecule has 0 aliphatic carbocycles. The van der Waals surface area contributed by atoms with Crippen LogP contribution in [0.4, 0.5) is 4.39 Å². The summed E-state index contributed by atoms with van der Waals surface area (Å²) >= 11 is 0. The molecule has 3 heteroatoms. The Kier molecular flexibility index (Phi) is 2.43. The Morgan fingerprint density at radius 1 is 1.50 bits per heavy atom. The minimum Gasteiger partial charge on any atom is -0.384 e. The Labute approximate surface area is 70.9 Å². The van der Waals surface area contributed by atoms with E-state index in [2.05, 4.69) is 4.99 Å². The average Bonchev–Trinajstić information content (AvgIpc) is 2.03. The van der Waals surface area contributed by atoms with E-state index in [1.807, 2.05) is 0 Å². The van der Waals surface area contributed by atoms with E-state index in [9.17, 15) is 4.39 Å². The summed E-state index contributed by atoms with van der Waals surface area (Å²) in [5.74, 6) is 0.188. The number of benzene rings is 1. The number of aryl methyl sites for hydroxylation is 1. The van der Waals surface area contributed by atoms with Crippen molar-refractivity contribution in [2.24, 2.45) is 10.7 Å². The molecule has 2 nitrogen and oxygen atoms in total. The van der Waals surface area contributed by atoms with Crippen LogP contribution in [-0.4, -0.2) is 12.9 Å². The van der Waals surface area contributed by atoms with E-state index in [1.165, 1.54) is 12.1 Å². The van der Waals surface area contributed by atoms with Crippen LogP contribution in [0.25, 0.3) is 0 Å². The van der Waals surface area contributed by atoms with Crippen LogP contribution in [-0.2, 0) is 0 Å². The summed E-state index contributed by atoms with van der Waals surface area (Å²) in [7, 11) is 1.61. The zero-order valence-corrected chi connectivity index (χ0v) is 7.13. The van der Waals surface area contributed by atoms with Gasteiger partial charge in [-0.3, -0.25) is 4.99 Å². The first-order valence-corrected chi connectivity index (χ1v) is 3.64. The second kappa shape index (κ2) is 3.34. The van der Waals surface area contributed by atoms with Crippen molar-refractivity contribution >= 4 is 5.84 Å². The molecule has 0 aliphatic rings.